The van der Waals surface area contributed by atoms with Crippen molar-refractivity contribution >= 4 is 34.6 Å². The highest BCUT2D eigenvalue weighted by Crippen LogP contribution is 2.33. The van der Waals surface area contributed by atoms with Gasteiger partial charge in [0.15, 0.2) is 0 Å². The molecule has 1 heterocycles. The predicted molar refractivity (Wildman–Crippen MR) is 114 cm³/mol. The van der Waals surface area contributed by atoms with Crippen LogP contribution >= 0.6 is 11.8 Å². The number of H-pyrrole nitrogens is 1. The molecule has 0 aliphatic heterocycles. The number of carboxylic acids is 1. The maximum absolute atomic E-state index is 11.8. The molecular formula is C22H24N3O3S-. The number of carbonyl (C=O) groups is 1. The highest BCUT2D eigenvalue weighted by atomic mass is 32.2. The van der Waals surface area contributed by atoms with Crippen LogP contribution in [0, 0.1) is 0 Å². The van der Waals surface area contributed by atoms with Gasteiger partial charge in [-0.3, -0.25) is 5.10 Å². The topological polar surface area (TPSA) is 90.9 Å². The van der Waals surface area contributed by atoms with Gasteiger partial charge in [-0.2, -0.15) is 0 Å². The van der Waals surface area contributed by atoms with Crippen LogP contribution in [-0.2, 0) is 11.2 Å². The lowest BCUT2D eigenvalue weighted by atomic mass is 10.0. The van der Waals surface area contributed by atoms with E-state index in [0.717, 1.165) is 59.6 Å². The second kappa shape index (κ2) is 10.1. The molecule has 0 spiro atoms. The molecule has 3 rings (SSSR count). The van der Waals surface area contributed by atoms with Gasteiger partial charge in [-0.1, -0.05) is 50.6 Å². The number of carboxylic acid groups (broad SMARTS) is 1. The Morgan fingerprint density at radius 2 is 2.03 bits per heavy atom. The summed E-state index contributed by atoms with van der Waals surface area (Å²) in [5, 5.41) is 21.1. The fourth-order valence-corrected chi connectivity index (χ4v) is 3.61. The summed E-state index contributed by atoms with van der Waals surface area (Å²) in [7, 11) is 0. The van der Waals surface area contributed by atoms with Gasteiger partial charge in [0.1, 0.15) is 11.6 Å². The quantitative estimate of drug-likeness (QED) is 0.309. The van der Waals surface area contributed by atoms with E-state index in [2.05, 4.69) is 22.1 Å². The average molecular weight is 411 g/mol. The van der Waals surface area contributed by atoms with Gasteiger partial charge in [0.05, 0.1) is 12.6 Å². The second-order valence-electron chi connectivity index (χ2n) is 6.61. The number of aromatic nitrogens is 3. The van der Waals surface area contributed by atoms with Crippen molar-refractivity contribution < 1.29 is 14.6 Å². The molecule has 0 aliphatic carbocycles. The van der Waals surface area contributed by atoms with Crippen LogP contribution in [0.3, 0.4) is 0 Å². The lowest BCUT2D eigenvalue weighted by molar-refractivity contribution is -0.297. The van der Waals surface area contributed by atoms with E-state index in [9.17, 15) is 9.90 Å². The molecule has 0 atom stereocenters. The Morgan fingerprint density at radius 1 is 1.21 bits per heavy atom. The summed E-state index contributed by atoms with van der Waals surface area (Å²) in [5.41, 5.74) is 0.718. The van der Waals surface area contributed by atoms with Gasteiger partial charge in [-0.25, -0.2) is 4.98 Å². The lowest BCUT2D eigenvalue weighted by Gasteiger charge is -2.14. The van der Waals surface area contributed by atoms with E-state index in [0.29, 0.717) is 17.5 Å². The molecule has 2 aromatic carbocycles. The number of benzene rings is 2. The summed E-state index contributed by atoms with van der Waals surface area (Å²) in [4.78, 5) is 16.2. The molecule has 1 aromatic heterocycles. The van der Waals surface area contributed by atoms with Crippen molar-refractivity contribution in [1.82, 2.24) is 15.2 Å². The van der Waals surface area contributed by atoms with E-state index in [1.54, 1.807) is 6.08 Å². The van der Waals surface area contributed by atoms with Crippen molar-refractivity contribution in [3.05, 3.63) is 52.7 Å². The number of unbranched alkanes of at least 4 members (excludes halogenated alkanes) is 1. The van der Waals surface area contributed by atoms with Gasteiger partial charge in [0.25, 0.3) is 0 Å². The van der Waals surface area contributed by atoms with Crippen LogP contribution in [0.15, 0.2) is 46.5 Å². The number of nitrogens with zero attached hydrogens (tertiary/aromatic N) is 2. The number of carbonyl (C=O) groups excluding carboxylic acids is 1. The smallest absolute Gasteiger partial charge is 0.213 e. The zero-order valence-electron chi connectivity index (χ0n) is 16.6. The number of hydrogen-bond acceptors (Lipinski definition) is 6. The lowest BCUT2D eigenvalue weighted by Crippen LogP contribution is -2.23. The van der Waals surface area contributed by atoms with Crippen LogP contribution in [-0.4, -0.2) is 27.8 Å². The first kappa shape index (κ1) is 20.9. The number of fused-ring (bicyclic) bond motifs is 1. The maximum atomic E-state index is 11.8. The Labute approximate surface area is 174 Å². The molecule has 29 heavy (non-hydrogen) atoms. The number of hydrogen-bond donors (Lipinski definition) is 1. The zero-order valence-corrected chi connectivity index (χ0v) is 17.4. The van der Waals surface area contributed by atoms with Crippen LogP contribution < -0.4 is 9.84 Å². The van der Waals surface area contributed by atoms with Crippen LogP contribution in [0.5, 0.6) is 5.75 Å². The third-order valence-corrected chi connectivity index (χ3v) is 5.23. The molecule has 1 N–H and O–H groups in total. The largest absolute Gasteiger partial charge is 0.544 e. The second-order valence-corrected chi connectivity index (χ2v) is 7.62. The van der Waals surface area contributed by atoms with Crippen molar-refractivity contribution in [2.45, 2.75) is 44.7 Å². The fraction of sp³-hybridized carbons (Fsp3) is 0.318. The van der Waals surface area contributed by atoms with Crippen molar-refractivity contribution in [2.75, 3.05) is 6.61 Å². The number of aliphatic carboxylic acids is 1. The van der Waals surface area contributed by atoms with Gasteiger partial charge in [0.2, 0.25) is 5.16 Å². The van der Waals surface area contributed by atoms with Gasteiger partial charge in [-0.05, 0) is 47.5 Å². The molecule has 0 fully saturated rings. The fourth-order valence-electron chi connectivity index (χ4n) is 2.91. The number of thioether (sulfide) groups is 1. The highest BCUT2D eigenvalue weighted by molar-refractivity contribution is 8.04. The summed E-state index contributed by atoms with van der Waals surface area (Å²) in [6.07, 6.45) is 5.23. The predicted octanol–water partition coefficient (Wildman–Crippen LogP) is 3.97. The summed E-state index contributed by atoms with van der Waals surface area (Å²) in [6.45, 7) is 4.71. The van der Waals surface area contributed by atoms with Crippen molar-refractivity contribution in [3.63, 3.8) is 0 Å². The van der Waals surface area contributed by atoms with Crippen LogP contribution in [0.1, 0.15) is 44.5 Å². The SMILES string of the molecule is CCCCOc1ccc2ccccc2c1/C=C(\Sc1n[nH]c(CCC)n1)C(=O)[O-]. The standard InChI is InChI=1S/C22H25N3O3S/c1-3-5-13-28-18-12-11-15-9-6-7-10-16(15)17(18)14-19(21(26)27)29-22-23-20(8-4-2)24-25-22/h6-7,9-12,14H,3-5,8,13H2,1-2H3,(H,26,27)(H,23,24,25)/p-1/b19-14-. The van der Waals surface area contributed by atoms with E-state index in [4.69, 9.17) is 4.74 Å². The molecule has 0 saturated carbocycles. The Balaban J connectivity index is 2.00. The van der Waals surface area contributed by atoms with Crippen molar-refractivity contribution in [3.8, 4) is 5.75 Å². The van der Waals surface area contributed by atoms with E-state index < -0.39 is 5.97 Å². The maximum Gasteiger partial charge on any atom is 0.213 e. The molecule has 0 radical (unpaired) electrons. The normalized spacial score (nSPS) is 11.7. The molecule has 0 bridgehead atoms. The van der Waals surface area contributed by atoms with Crippen molar-refractivity contribution in [1.29, 1.82) is 0 Å². The minimum absolute atomic E-state index is 0.0312. The summed E-state index contributed by atoms with van der Waals surface area (Å²) >= 11 is 0.974. The monoisotopic (exact) mass is 410 g/mol. The van der Waals surface area contributed by atoms with Gasteiger partial charge in [-0.15, -0.1) is 5.10 Å². The van der Waals surface area contributed by atoms with E-state index in [1.165, 1.54) is 0 Å². The first-order chi connectivity index (χ1) is 14.1. The average Bonchev–Trinajstić information content (AvgIpc) is 3.16. The molecule has 3 aromatic rings. The molecular weight excluding hydrogens is 386 g/mol. The molecule has 6 nitrogen and oxygen atoms in total. The first-order valence-electron chi connectivity index (χ1n) is 9.79. The van der Waals surface area contributed by atoms with Crippen LogP contribution in [0.4, 0.5) is 0 Å². The summed E-state index contributed by atoms with van der Waals surface area (Å²) in [5.74, 6) is 0.115. The highest BCUT2D eigenvalue weighted by Gasteiger charge is 2.12. The van der Waals surface area contributed by atoms with Gasteiger partial charge in [0, 0.05) is 16.9 Å². The third-order valence-electron chi connectivity index (χ3n) is 4.36. The van der Waals surface area contributed by atoms with Crippen LogP contribution in [0.25, 0.3) is 16.8 Å². The van der Waals surface area contributed by atoms with E-state index >= 15 is 0 Å². The first-order valence-corrected chi connectivity index (χ1v) is 10.6. The van der Waals surface area contributed by atoms with Gasteiger partial charge >= 0.3 is 0 Å². The van der Waals surface area contributed by atoms with Crippen molar-refractivity contribution in [2.24, 2.45) is 0 Å². The minimum Gasteiger partial charge on any atom is -0.544 e. The summed E-state index contributed by atoms with van der Waals surface area (Å²) < 4.78 is 5.95. The molecule has 7 heteroatoms. The Hall–Kier alpha value is -2.80. The molecule has 0 aliphatic rings. The zero-order chi connectivity index (χ0) is 20.6. The number of nitrogens with one attached hydrogen (secondary N) is 1. The molecule has 152 valence electrons. The summed E-state index contributed by atoms with van der Waals surface area (Å²) in [6, 6.07) is 11.7. The molecule has 0 saturated heterocycles. The molecule has 0 unspecified atom stereocenters. The third kappa shape index (κ3) is 5.38. The Bertz CT molecular complexity index is 1010. The van der Waals surface area contributed by atoms with E-state index in [1.807, 2.05) is 43.3 Å². The Morgan fingerprint density at radius 3 is 2.79 bits per heavy atom. The number of aromatic amines is 1. The number of aryl methyl sites for hydroxylation is 1. The molecule has 0 amide bonds. The minimum atomic E-state index is -1.27. The Kier molecular flexibility index (Phi) is 7.30. The number of ether oxygens (including phenoxy) is 1. The van der Waals surface area contributed by atoms with E-state index in [-0.39, 0.29) is 4.91 Å². The van der Waals surface area contributed by atoms with Crippen LogP contribution in [0.2, 0.25) is 0 Å². The number of rotatable bonds is 10. The van der Waals surface area contributed by atoms with Gasteiger partial charge < -0.3 is 14.6 Å².